The molecule has 0 saturated heterocycles. The number of carbonyl (C=O) groups is 1. The fraction of sp³-hybridized carbons (Fsp3) is 0.375. The van der Waals surface area contributed by atoms with Gasteiger partial charge >= 0.3 is 0 Å². The predicted molar refractivity (Wildman–Crippen MR) is 63.6 cm³/mol. The fourth-order valence-electron chi connectivity index (χ4n) is 0.919. The van der Waals surface area contributed by atoms with Crippen molar-refractivity contribution in [3.8, 4) is 0 Å². The van der Waals surface area contributed by atoms with Gasteiger partial charge in [0.2, 0.25) is 5.91 Å². The third-order valence-electron chi connectivity index (χ3n) is 1.53. The highest BCUT2D eigenvalue weighted by Crippen LogP contribution is 2.21. The number of halogens is 1. The van der Waals surface area contributed by atoms with Crippen LogP contribution in [0.3, 0.4) is 0 Å². The first-order chi connectivity index (χ1) is 6.88. The highest BCUT2D eigenvalue weighted by atomic mass is 79.9. The van der Waals surface area contributed by atoms with E-state index in [1.54, 1.807) is 0 Å². The van der Waals surface area contributed by atoms with Crippen molar-refractivity contribution >= 4 is 43.0 Å². The van der Waals surface area contributed by atoms with Gasteiger partial charge < -0.3 is 5.32 Å². The summed E-state index contributed by atoms with van der Waals surface area (Å²) in [7, 11) is -3.24. The molecule has 4 nitrogen and oxygen atoms in total. The second kappa shape index (κ2) is 5.09. The Balaban J connectivity index is 2.45. The molecule has 0 aromatic carbocycles. The van der Waals surface area contributed by atoms with E-state index in [2.05, 4.69) is 21.2 Å². The van der Waals surface area contributed by atoms with Gasteiger partial charge in [-0.25, -0.2) is 8.42 Å². The molecule has 15 heavy (non-hydrogen) atoms. The molecule has 1 aromatic rings. The monoisotopic (exact) mass is 311 g/mol. The molecular weight excluding hydrogens is 302 g/mol. The van der Waals surface area contributed by atoms with E-state index in [1.807, 2.05) is 11.4 Å². The van der Waals surface area contributed by atoms with E-state index >= 15 is 0 Å². The first-order valence-electron chi connectivity index (χ1n) is 4.05. The van der Waals surface area contributed by atoms with Crippen molar-refractivity contribution in [3.63, 3.8) is 0 Å². The fourth-order valence-corrected chi connectivity index (χ4v) is 2.93. The number of rotatable bonds is 4. The van der Waals surface area contributed by atoms with Gasteiger partial charge in [0.05, 0.1) is 6.54 Å². The Bertz CT molecular complexity index is 452. The van der Waals surface area contributed by atoms with Crippen molar-refractivity contribution in [1.82, 2.24) is 5.32 Å². The highest BCUT2D eigenvalue weighted by Gasteiger charge is 2.11. The molecule has 84 valence electrons. The van der Waals surface area contributed by atoms with Crippen LogP contribution in [-0.4, -0.2) is 26.3 Å². The normalized spacial score (nSPS) is 11.3. The largest absolute Gasteiger partial charge is 0.350 e. The zero-order valence-electron chi connectivity index (χ0n) is 7.99. The summed E-state index contributed by atoms with van der Waals surface area (Å²) in [6.07, 6.45) is 1.04. The molecule has 0 fully saturated rings. The van der Waals surface area contributed by atoms with Crippen LogP contribution in [0.25, 0.3) is 0 Å². The summed E-state index contributed by atoms with van der Waals surface area (Å²) in [6.45, 7) is 0.354. The van der Waals surface area contributed by atoms with Crippen molar-refractivity contribution in [2.24, 2.45) is 0 Å². The van der Waals surface area contributed by atoms with E-state index in [0.29, 0.717) is 6.54 Å². The molecule has 0 saturated carbocycles. The van der Waals surface area contributed by atoms with Gasteiger partial charge in [-0.05, 0) is 27.4 Å². The van der Waals surface area contributed by atoms with Crippen LogP contribution in [0.1, 0.15) is 4.88 Å². The maximum absolute atomic E-state index is 11.2. The van der Waals surface area contributed by atoms with Crippen LogP contribution in [0.15, 0.2) is 15.9 Å². The van der Waals surface area contributed by atoms with Crippen LogP contribution in [0.4, 0.5) is 0 Å². The smallest absolute Gasteiger partial charge is 0.235 e. The number of carbonyl (C=O) groups excluding carboxylic acids is 1. The summed E-state index contributed by atoms with van der Waals surface area (Å²) in [6, 6.07) is 1.88. The van der Waals surface area contributed by atoms with E-state index in [1.165, 1.54) is 11.3 Å². The van der Waals surface area contributed by atoms with Crippen LogP contribution in [0.5, 0.6) is 0 Å². The van der Waals surface area contributed by atoms with Crippen molar-refractivity contribution in [1.29, 1.82) is 0 Å². The molecule has 0 aliphatic carbocycles. The zero-order chi connectivity index (χ0) is 11.5. The van der Waals surface area contributed by atoms with Gasteiger partial charge in [0.15, 0.2) is 9.84 Å². The van der Waals surface area contributed by atoms with Gasteiger partial charge in [-0.3, -0.25) is 4.79 Å². The Morgan fingerprint density at radius 1 is 1.60 bits per heavy atom. The van der Waals surface area contributed by atoms with E-state index < -0.39 is 21.5 Å². The lowest BCUT2D eigenvalue weighted by Crippen LogP contribution is -2.29. The standard InChI is InChI=1S/C8H10BrNO3S2/c1-15(12,13)5-8(11)10-4-7-6(9)2-3-14-7/h2-3H,4-5H2,1H3,(H,10,11). The first-order valence-corrected chi connectivity index (χ1v) is 7.78. The second-order valence-electron chi connectivity index (χ2n) is 3.04. The summed E-state index contributed by atoms with van der Waals surface area (Å²) in [5, 5.41) is 4.44. The average molecular weight is 312 g/mol. The number of hydrogen-bond donors (Lipinski definition) is 1. The van der Waals surface area contributed by atoms with Crippen LogP contribution < -0.4 is 5.32 Å². The van der Waals surface area contributed by atoms with Crippen LogP contribution >= 0.6 is 27.3 Å². The SMILES string of the molecule is CS(=O)(=O)CC(=O)NCc1sccc1Br. The third-order valence-corrected chi connectivity index (χ3v) is 4.24. The Morgan fingerprint density at radius 3 is 2.73 bits per heavy atom. The Hall–Kier alpha value is -0.400. The molecule has 1 amide bonds. The summed E-state index contributed by atoms with van der Waals surface area (Å²) in [5.41, 5.74) is 0. The third kappa shape index (κ3) is 4.76. The lowest BCUT2D eigenvalue weighted by Gasteiger charge is -2.02. The number of nitrogens with one attached hydrogen (secondary N) is 1. The maximum Gasteiger partial charge on any atom is 0.235 e. The summed E-state index contributed by atoms with van der Waals surface area (Å²) in [4.78, 5) is 12.1. The van der Waals surface area contributed by atoms with Gasteiger partial charge in [0.25, 0.3) is 0 Å². The number of hydrogen-bond acceptors (Lipinski definition) is 4. The van der Waals surface area contributed by atoms with E-state index in [-0.39, 0.29) is 0 Å². The Labute approximate surface area is 101 Å². The van der Waals surface area contributed by atoms with Gasteiger partial charge in [-0.1, -0.05) is 0 Å². The molecule has 0 aliphatic rings. The van der Waals surface area contributed by atoms with Crippen LogP contribution in [0.2, 0.25) is 0 Å². The minimum absolute atomic E-state index is 0.354. The molecule has 1 rings (SSSR count). The summed E-state index contributed by atoms with van der Waals surface area (Å²) >= 11 is 4.82. The quantitative estimate of drug-likeness (QED) is 0.908. The molecule has 0 bridgehead atoms. The topological polar surface area (TPSA) is 63.2 Å². The van der Waals surface area contributed by atoms with Gasteiger partial charge in [-0.2, -0.15) is 0 Å². The number of thiophene rings is 1. The predicted octanol–water partition coefficient (Wildman–Crippen LogP) is 1.17. The second-order valence-corrected chi connectivity index (χ2v) is 7.03. The van der Waals surface area contributed by atoms with E-state index in [9.17, 15) is 13.2 Å². The van der Waals surface area contributed by atoms with Gasteiger partial charge in [0.1, 0.15) is 5.75 Å². The van der Waals surface area contributed by atoms with E-state index in [0.717, 1.165) is 15.6 Å². The molecule has 0 aliphatic heterocycles. The van der Waals surface area contributed by atoms with Crippen molar-refractivity contribution in [3.05, 3.63) is 20.8 Å². The van der Waals surface area contributed by atoms with Gasteiger partial charge in [-0.15, -0.1) is 11.3 Å². The number of amides is 1. The molecular formula is C8H10BrNO3S2. The molecule has 0 radical (unpaired) electrons. The number of sulfone groups is 1. The highest BCUT2D eigenvalue weighted by molar-refractivity contribution is 9.10. The molecule has 1 aromatic heterocycles. The molecule has 0 atom stereocenters. The van der Waals surface area contributed by atoms with Crippen molar-refractivity contribution in [2.45, 2.75) is 6.54 Å². The molecule has 1 N–H and O–H groups in total. The minimum atomic E-state index is -3.24. The van der Waals surface area contributed by atoms with Crippen LogP contribution in [0, 0.1) is 0 Å². The molecule has 0 unspecified atom stereocenters. The minimum Gasteiger partial charge on any atom is -0.350 e. The molecule has 7 heteroatoms. The lowest BCUT2D eigenvalue weighted by atomic mass is 10.4. The van der Waals surface area contributed by atoms with Crippen LogP contribution in [-0.2, 0) is 21.2 Å². The maximum atomic E-state index is 11.2. The summed E-state index contributed by atoms with van der Waals surface area (Å²) in [5.74, 6) is -0.937. The Morgan fingerprint density at radius 2 is 2.27 bits per heavy atom. The summed E-state index contributed by atoms with van der Waals surface area (Å²) < 4.78 is 22.5. The van der Waals surface area contributed by atoms with Gasteiger partial charge in [0, 0.05) is 15.6 Å². The lowest BCUT2D eigenvalue weighted by molar-refractivity contribution is -0.118. The van der Waals surface area contributed by atoms with E-state index in [4.69, 9.17) is 0 Å². The first kappa shape index (κ1) is 12.7. The Kier molecular flexibility index (Phi) is 4.30. The molecule has 0 spiro atoms. The zero-order valence-corrected chi connectivity index (χ0v) is 11.2. The average Bonchev–Trinajstić information content (AvgIpc) is 2.44. The molecule has 1 heterocycles. The van der Waals surface area contributed by atoms with Crippen molar-refractivity contribution in [2.75, 3.05) is 12.0 Å². The van der Waals surface area contributed by atoms with Crippen molar-refractivity contribution < 1.29 is 13.2 Å².